The molecular weight excluding hydrogens is 619 g/mol. The molecule has 2 saturated heterocycles. The Morgan fingerprint density at radius 1 is 1.04 bits per heavy atom. The Labute approximate surface area is 282 Å². The van der Waals surface area contributed by atoms with Crippen LogP contribution in [-0.2, 0) is 35.1 Å². The van der Waals surface area contributed by atoms with Crippen LogP contribution in [0.1, 0.15) is 81.1 Å². The Bertz CT molecular complexity index is 1480. The Balaban J connectivity index is 1.62. The highest BCUT2D eigenvalue weighted by Crippen LogP contribution is 2.43. The van der Waals surface area contributed by atoms with Crippen LogP contribution in [0.5, 0.6) is 0 Å². The van der Waals surface area contributed by atoms with Crippen LogP contribution < -0.4 is 0 Å². The summed E-state index contributed by atoms with van der Waals surface area (Å²) < 4.78 is 35.7. The molecule has 0 saturated carbocycles. The van der Waals surface area contributed by atoms with Gasteiger partial charge in [0, 0.05) is 62.1 Å². The molecule has 0 spiro atoms. The second kappa shape index (κ2) is 14.4. The number of halogens is 1. The summed E-state index contributed by atoms with van der Waals surface area (Å²) in [6.07, 6.45) is 7.09. The molecule has 12 heteroatoms. The molecule has 0 aliphatic carbocycles. The standard InChI is InChI=1S/C36H51FN4O7/c1-10-28-36(8)30(41(33(45)48-36)17-12-11-16-40-20-27(39-21-40)26-14-13-15-38-19-26)24(4)29(42)22(2)18-34(6,46-9)25(5)23(3)31(43)35(7,37)32(44)47-28/h13-15,19-25,28,30H,10-12,16-18H2,1-9H3/t22-,23-,24+,25-,28-,30-,34-,35+,36-/m1/s1. The molecule has 2 fully saturated rings. The van der Waals surface area contributed by atoms with Gasteiger partial charge in [0.05, 0.1) is 23.7 Å². The normalized spacial score (nSPS) is 35.2. The number of carbonyl (C=O) groups is 4. The van der Waals surface area contributed by atoms with Gasteiger partial charge < -0.3 is 23.7 Å². The number of amides is 1. The number of imidazole rings is 1. The number of cyclic esters (lactones) is 1. The zero-order chi connectivity index (χ0) is 35.6. The van der Waals surface area contributed by atoms with Crippen molar-refractivity contribution in [3.63, 3.8) is 0 Å². The summed E-state index contributed by atoms with van der Waals surface area (Å²) in [4.78, 5) is 64.9. The minimum Gasteiger partial charge on any atom is -0.455 e. The maximum absolute atomic E-state index is 16.2. The SMILES string of the molecule is CC[C@H]1OC(=O)[C@@](C)(F)C(=O)[C@H](C)[C@@H](C)[C@](C)(OC)C[C@@H](C)C(=O)[C@H](C)[C@H]2N(CCCCn3cnc(-c4cccnc4)c3)C(=O)O[C@]12C. The molecule has 2 aromatic rings. The first-order valence-electron chi connectivity index (χ1n) is 17.0. The van der Waals surface area contributed by atoms with Crippen molar-refractivity contribution in [1.82, 2.24) is 19.4 Å². The Kier molecular flexibility index (Phi) is 11.2. The van der Waals surface area contributed by atoms with Crippen LogP contribution in [0.4, 0.5) is 9.18 Å². The van der Waals surface area contributed by atoms with Gasteiger partial charge in [-0.15, -0.1) is 0 Å². The molecule has 0 N–H and O–H groups in total. The summed E-state index contributed by atoms with van der Waals surface area (Å²) >= 11 is 0. The summed E-state index contributed by atoms with van der Waals surface area (Å²) in [5, 5.41) is 0. The topological polar surface area (TPSA) is 130 Å². The second-order valence-electron chi connectivity index (χ2n) is 14.2. The highest BCUT2D eigenvalue weighted by atomic mass is 19.1. The van der Waals surface area contributed by atoms with Gasteiger partial charge in [-0.25, -0.2) is 19.0 Å². The fraction of sp³-hybridized carbons (Fsp3) is 0.667. The summed E-state index contributed by atoms with van der Waals surface area (Å²) in [6, 6.07) is 2.97. The molecule has 1 amide bonds. The second-order valence-corrected chi connectivity index (χ2v) is 14.2. The average molecular weight is 671 g/mol. The van der Waals surface area contributed by atoms with Gasteiger partial charge in [-0.05, 0) is 64.5 Å². The van der Waals surface area contributed by atoms with Crippen molar-refractivity contribution in [3.8, 4) is 11.3 Å². The number of hydrogen-bond donors (Lipinski definition) is 0. The summed E-state index contributed by atoms with van der Waals surface area (Å²) in [5.74, 6) is -5.11. The van der Waals surface area contributed by atoms with E-state index in [9.17, 15) is 19.2 Å². The van der Waals surface area contributed by atoms with Crippen molar-refractivity contribution in [2.24, 2.45) is 23.7 Å². The quantitative estimate of drug-likeness (QED) is 0.193. The Morgan fingerprint density at radius 3 is 2.35 bits per heavy atom. The van der Waals surface area contributed by atoms with Crippen LogP contribution in [0.3, 0.4) is 0 Å². The molecule has 0 radical (unpaired) electrons. The molecule has 9 atom stereocenters. The van der Waals surface area contributed by atoms with Crippen LogP contribution in [0.15, 0.2) is 37.1 Å². The predicted octanol–water partition coefficient (Wildman–Crippen LogP) is 5.85. The lowest BCUT2D eigenvalue weighted by atomic mass is 9.70. The third kappa shape index (κ3) is 7.04. The number of aryl methyl sites for hydroxylation is 1. The maximum atomic E-state index is 16.2. The predicted molar refractivity (Wildman–Crippen MR) is 176 cm³/mol. The van der Waals surface area contributed by atoms with E-state index in [0.717, 1.165) is 18.2 Å². The monoisotopic (exact) mass is 670 g/mol. The van der Waals surface area contributed by atoms with Crippen molar-refractivity contribution < 1.29 is 37.8 Å². The van der Waals surface area contributed by atoms with Gasteiger partial charge >= 0.3 is 12.1 Å². The van der Waals surface area contributed by atoms with Crippen LogP contribution in [0, 0.1) is 23.7 Å². The number of aromatic nitrogens is 3. The van der Waals surface area contributed by atoms with E-state index < -0.39 is 70.5 Å². The molecule has 264 valence electrons. The van der Waals surface area contributed by atoms with Gasteiger partial charge in [0.2, 0.25) is 0 Å². The summed E-state index contributed by atoms with van der Waals surface area (Å²) in [6.45, 7) is 13.9. The minimum absolute atomic E-state index is 0.112. The van der Waals surface area contributed by atoms with E-state index in [1.807, 2.05) is 29.8 Å². The summed E-state index contributed by atoms with van der Waals surface area (Å²) in [7, 11) is 1.50. The molecule has 4 rings (SSSR count). The first-order chi connectivity index (χ1) is 22.5. The lowest BCUT2D eigenvalue weighted by molar-refractivity contribution is -0.181. The number of esters is 1. The number of hydrogen-bond acceptors (Lipinski definition) is 9. The van der Waals surface area contributed by atoms with E-state index in [1.165, 1.54) is 7.11 Å². The van der Waals surface area contributed by atoms with Crippen molar-refractivity contribution >= 4 is 23.6 Å². The summed E-state index contributed by atoms with van der Waals surface area (Å²) in [5.41, 5.74) is -3.72. The first-order valence-corrected chi connectivity index (χ1v) is 17.0. The molecule has 2 aromatic heterocycles. The molecule has 2 aliphatic heterocycles. The third-order valence-corrected chi connectivity index (χ3v) is 10.9. The number of carbonyl (C=O) groups excluding carboxylic acids is 4. The van der Waals surface area contributed by atoms with E-state index in [-0.39, 0.29) is 25.2 Å². The fourth-order valence-electron chi connectivity index (χ4n) is 7.60. The van der Waals surface area contributed by atoms with Gasteiger partial charge in [0.25, 0.3) is 5.67 Å². The number of methoxy groups -OCH3 is 1. The van der Waals surface area contributed by atoms with E-state index >= 15 is 4.39 Å². The number of nitrogens with zero attached hydrogens (tertiary/aromatic N) is 4. The third-order valence-electron chi connectivity index (χ3n) is 10.9. The highest BCUT2D eigenvalue weighted by Gasteiger charge is 2.61. The molecule has 0 aromatic carbocycles. The number of ketones is 2. The minimum atomic E-state index is -2.95. The van der Waals surface area contributed by atoms with E-state index in [0.29, 0.717) is 19.4 Å². The smallest absolute Gasteiger partial charge is 0.410 e. The number of fused-ring (bicyclic) bond motifs is 1. The molecule has 0 unspecified atom stereocenters. The number of ether oxygens (including phenoxy) is 3. The molecular formula is C36H51FN4O7. The lowest BCUT2D eigenvalue weighted by Crippen LogP contribution is -2.59. The average Bonchev–Trinajstić information content (AvgIpc) is 3.65. The van der Waals surface area contributed by atoms with E-state index in [1.54, 1.807) is 65.2 Å². The number of Topliss-reactive ketones (excluding diaryl/α,β-unsaturated/α-hetero) is 2. The number of rotatable bonds is 8. The molecule has 11 nitrogen and oxygen atoms in total. The van der Waals surface area contributed by atoms with Gasteiger partial charge in [-0.1, -0.05) is 34.6 Å². The van der Waals surface area contributed by atoms with E-state index in [4.69, 9.17) is 14.2 Å². The number of alkyl halides is 1. The largest absolute Gasteiger partial charge is 0.455 e. The first kappa shape index (κ1) is 37.2. The Morgan fingerprint density at radius 2 is 1.73 bits per heavy atom. The molecule has 0 bridgehead atoms. The highest BCUT2D eigenvalue weighted by molar-refractivity contribution is 6.07. The number of unbranched alkanes of at least 4 members (excludes halogenated alkanes) is 1. The number of pyridine rings is 1. The van der Waals surface area contributed by atoms with E-state index in [2.05, 4.69) is 9.97 Å². The molecule has 4 heterocycles. The van der Waals surface area contributed by atoms with Gasteiger partial charge in [-0.3, -0.25) is 14.6 Å². The maximum Gasteiger partial charge on any atom is 0.410 e. The van der Waals surface area contributed by atoms with Crippen LogP contribution in [0.25, 0.3) is 11.3 Å². The van der Waals surface area contributed by atoms with Gasteiger partial charge in [0.15, 0.2) is 11.4 Å². The van der Waals surface area contributed by atoms with Crippen molar-refractivity contribution in [2.75, 3.05) is 13.7 Å². The van der Waals surface area contributed by atoms with Gasteiger partial charge in [-0.2, -0.15) is 0 Å². The Hall–Kier alpha value is -3.67. The van der Waals surface area contributed by atoms with Crippen LogP contribution >= 0.6 is 0 Å². The zero-order valence-electron chi connectivity index (χ0n) is 29.7. The molecule has 48 heavy (non-hydrogen) atoms. The van der Waals surface area contributed by atoms with Crippen molar-refractivity contribution in [1.29, 1.82) is 0 Å². The van der Waals surface area contributed by atoms with Crippen LogP contribution in [0.2, 0.25) is 0 Å². The van der Waals surface area contributed by atoms with Crippen molar-refractivity contribution in [2.45, 2.75) is 117 Å². The fourth-order valence-corrected chi connectivity index (χ4v) is 7.60. The van der Waals surface area contributed by atoms with Crippen molar-refractivity contribution in [3.05, 3.63) is 37.1 Å². The molecule has 2 aliphatic rings. The van der Waals surface area contributed by atoms with Crippen LogP contribution in [-0.4, -0.2) is 85.7 Å². The lowest BCUT2D eigenvalue weighted by Gasteiger charge is -2.43. The van der Waals surface area contributed by atoms with Gasteiger partial charge in [0.1, 0.15) is 11.9 Å². The zero-order valence-corrected chi connectivity index (χ0v) is 29.7.